The molecule has 0 saturated heterocycles. The maximum Gasteiger partial charge on any atom is 0.340 e. The first kappa shape index (κ1) is 16.8. The summed E-state index contributed by atoms with van der Waals surface area (Å²) in [6, 6.07) is 10.2. The van der Waals surface area contributed by atoms with Crippen molar-refractivity contribution in [1.82, 2.24) is 0 Å². The minimum Gasteiger partial charge on any atom is -0.452 e. The lowest BCUT2D eigenvalue weighted by molar-refractivity contribution is -0.119. The number of halogens is 1. The van der Waals surface area contributed by atoms with E-state index in [1.54, 1.807) is 0 Å². The molecule has 120 valence electrons. The van der Waals surface area contributed by atoms with Crippen LogP contribution in [0.25, 0.3) is 0 Å². The van der Waals surface area contributed by atoms with E-state index in [0.29, 0.717) is 10.7 Å². The van der Waals surface area contributed by atoms with E-state index in [2.05, 4.69) is 5.32 Å². The van der Waals surface area contributed by atoms with Gasteiger partial charge in [-0.25, -0.2) is 4.79 Å². The Morgan fingerprint density at radius 1 is 1.17 bits per heavy atom. The number of nitrogen functional groups attached to an aromatic ring is 1. The number of nitrogens with two attached hydrogens (primary N) is 1. The van der Waals surface area contributed by atoms with Gasteiger partial charge in [-0.1, -0.05) is 23.7 Å². The van der Waals surface area contributed by atoms with Crippen LogP contribution in [0.1, 0.15) is 21.5 Å². The van der Waals surface area contributed by atoms with Crippen LogP contribution in [-0.2, 0) is 9.53 Å². The number of hydrogen-bond acceptors (Lipinski definition) is 4. The predicted octanol–water partition coefficient (Wildman–Crippen LogP) is 3.33. The van der Waals surface area contributed by atoms with Gasteiger partial charge in [0.15, 0.2) is 6.61 Å². The lowest BCUT2D eigenvalue weighted by atomic mass is 10.1. The molecule has 0 unspecified atom stereocenters. The van der Waals surface area contributed by atoms with Gasteiger partial charge in [0, 0.05) is 16.4 Å². The molecule has 2 rings (SSSR count). The molecule has 0 radical (unpaired) electrons. The van der Waals surface area contributed by atoms with Crippen LogP contribution in [0.2, 0.25) is 5.02 Å². The summed E-state index contributed by atoms with van der Waals surface area (Å²) in [6.07, 6.45) is 0. The van der Waals surface area contributed by atoms with Crippen LogP contribution >= 0.6 is 11.6 Å². The third-order valence-corrected chi connectivity index (χ3v) is 3.47. The number of esters is 1. The molecular formula is C17H17ClN2O3. The largest absolute Gasteiger partial charge is 0.452 e. The van der Waals surface area contributed by atoms with Crippen LogP contribution in [0.3, 0.4) is 0 Å². The molecular weight excluding hydrogens is 316 g/mol. The molecule has 0 heterocycles. The minimum atomic E-state index is -0.671. The first-order valence-corrected chi connectivity index (χ1v) is 7.34. The third-order valence-electron chi connectivity index (χ3n) is 3.24. The maximum absolute atomic E-state index is 11.9. The van der Waals surface area contributed by atoms with Crippen molar-refractivity contribution >= 4 is 34.9 Å². The zero-order chi connectivity index (χ0) is 17.0. The van der Waals surface area contributed by atoms with Gasteiger partial charge in [0.2, 0.25) is 0 Å². The molecule has 0 atom stereocenters. The van der Waals surface area contributed by atoms with Crippen LogP contribution in [0.4, 0.5) is 11.4 Å². The molecule has 0 spiro atoms. The number of benzene rings is 2. The fourth-order valence-electron chi connectivity index (χ4n) is 1.99. The van der Waals surface area contributed by atoms with Crippen molar-refractivity contribution < 1.29 is 14.3 Å². The zero-order valence-electron chi connectivity index (χ0n) is 12.9. The number of carbonyl (C=O) groups is 2. The number of rotatable bonds is 4. The molecule has 0 fully saturated rings. The molecule has 0 bridgehead atoms. The summed E-state index contributed by atoms with van der Waals surface area (Å²) in [4.78, 5) is 23.8. The first-order valence-electron chi connectivity index (χ1n) is 6.96. The Kier molecular flexibility index (Phi) is 5.24. The van der Waals surface area contributed by atoms with Gasteiger partial charge in [0.05, 0.1) is 5.56 Å². The van der Waals surface area contributed by atoms with Crippen LogP contribution in [-0.4, -0.2) is 18.5 Å². The second-order valence-electron chi connectivity index (χ2n) is 5.17. The molecule has 5 nitrogen and oxygen atoms in total. The highest BCUT2D eigenvalue weighted by atomic mass is 35.5. The van der Waals surface area contributed by atoms with Gasteiger partial charge in [-0.15, -0.1) is 0 Å². The van der Waals surface area contributed by atoms with Crippen molar-refractivity contribution in [2.75, 3.05) is 17.7 Å². The maximum atomic E-state index is 11.9. The van der Waals surface area contributed by atoms with E-state index >= 15 is 0 Å². The van der Waals surface area contributed by atoms with E-state index in [-0.39, 0.29) is 11.3 Å². The number of nitrogens with one attached hydrogen (secondary N) is 1. The number of amides is 1. The molecule has 1 amide bonds. The number of anilines is 2. The van der Waals surface area contributed by atoms with E-state index in [1.165, 1.54) is 18.2 Å². The summed E-state index contributed by atoms with van der Waals surface area (Å²) in [7, 11) is 0. The molecule has 0 aromatic heterocycles. The Balaban J connectivity index is 1.96. The Morgan fingerprint density at radius 3 is 2.61 bits per heavy atom. The highest BCUT2D eigenvalue weighted by Crippen LogP contribution is 2.19. The predicted molar refractivity (Wildman–Crippen MR) is 90.7 cm³/mol. The van der Waals surface area contributed by atoms with Crippen LogP contribution in [0.5, 0.6) is 0 Å². The van der Waals surface area contributed by atoms with Crippen LogP contribution in [0, 0.1) is 13.8 Å². The monoisotopic (exact) mass is 332 g/mol. The summed E-state index contributed by atoms with van der Waals surface area (Å²) in [6.45, 7) is 3.42. The number of ether oxygens (including phenoxy) is 1. The van der Waals surface area contributed by atoms with Crippen molar-refractivity contribution in [3.05, 3.63) is 58.1 Å². The Bertz CT molecular complexity index is 759. The van der Waals surface area contributed by atoms with Crippen LogP contribution < -0.4 is 11.1 Å². The van der Waals surface area contributed by atoms with Crippen molar-refractivity contribution in [2.24, 2.45) is 0 Å². The highest BCUT2D eigenvalue weighted by Gasteiger charge is 2.14. The topological polar surface area (TPSA) is 81.4 Å². The summed E-state index contributed by atoms with van der Waals surface area (Å²) in [5.74, 6) is -1.09. The van der Waals surface area contributed by atoms with Gasteiger partial charge in [-0.3, -0.25) is 4.79 Å². The Morgan fingerprint density at radius 2 is 1.91 bits per heavy atom. The quantitative estimate of drug-likeness (QED) is 0.664. The summed E-state index contributed by atoms with van der Waals surface area (Å²) < 4.78 is 4.98. The summed E-state index contributed by atoms with van der Waals surface area (Å²) >= 11 is 5.77. The van der Waals surface area contributed by atoms with Crippen molar-refractivity contribution in [3.63, 3.8) is 0 Å². The number of carbonyl (C=O) groups excluding carboxylic acids is 2. The van der Waals surface area contributed by atoms with Crippen molar-refractivity contribution in [2.45, 2.75) is 13.8 Å². The van der Waals surface area contributed by atoms with Crippen LogP contribution in [0.15, 0.2) is 36.4 Å². The molecule has 6 heteroatoms. The second-order valence-corrected chi connectivity index (χ2v) is 5.61. The van der Waals surface area contributed by atoms with Gasteiger partial charge in [0.25, 0.3) is 5.91 Å². The first-order chi connectivity index (χ1) is 10.9. The van der Waals surface area contributed by atoms with Crippen molar-refractivity contribution in [3.8, 4) is 0 Å². The fraction of sp³-hybridized carbons (Fsp3) is 0.176. The third kappa shape index (κ3) is 4.47. The normalized spacial score (nSPS) is 10.2. The number of hydrogen-bond donors (Lipinski definition) is 2. The van der Waals surface area contributed by atoms with Gasteiger partial charge in [0.1, 0.15) is 0 Å². The van der Waals surface area contributed by atoms with Gasteiger partial charge >= 0.3 is 5.97 Å². The van der Waals surface area contributed by atoms with Crippen molar-refractivity contribution in [1.29, 1.82) is 0 Å². The standard InChI is InChI=1S/C17H17ClN2O3/c1-10-3-4-11(2)15(7-10)20-16(21)9-23-17(22)13-6-5-12(18)8-14(13)19/h3-8H,9,19H2,1-2H3,(H,20,21). The van der Waals surface area contributed by atoms with E-state index in [4.69, 9.17) is 22.1 Å². The van der Waals surface area contributed by atoms with E-state index < -0.39 is 18.5 Å². The molecule has 0 saturated carbocycles. The molecule has 3 N–H and O–H groups in total. The lowest BCUT2D eigenvalue weighted by Crippen LogP contribution is -2.21. The van der Waals surface area contributed by atoms with Gasteiger partial charge < -0.3 is 15.8 Å². The fourth-order valence-corrected chi connectivity index (χ4v) is 2.17. The zero-order valence-corrected chi connectivity index (χ0v) is 13.6. The highest BCUT2D eigenvalue weighted by molar-refractivity contribution is 6.31. The van der Waals surface area contributed by atoms with E-state index in [9.17, 15) is 9.59 Å². The number of aryl methyl sites for hydroxylation is 2. The molecule has 0 aliphatic heterocycles. The minimum absolute atomic E-state index is 0.175. The lowest BCUT2D eigenvalue weighted by Gasteiger charge is -2.10. The Hall–Kier alpha value is -2.53. The average Bonchev–Trinajstić information content (AvgIpc) is 2.48. The van der Waals surface area contributed by atoms with Gasteiger partial charge in [-0.05, 0) is 49.2 Å². The van der Waals surface area contributed by atoms with Gasteiger partial charge in [-0.2, -0.15) is 0 Å². The summed E-state index contributed by atoms with van der Waals surface area (Å²) in [5, 5.41) is 3.14. The second kappa shape index (κ2) is 7.15. The molecule has 0 aliphatic rings. The SMILES string of the molecule is Cc1ccc(C)c(NC(=O)COC(=O)c2ccc(Cl)cc2N)c1. The van der Waals surface area contributed by atoms with E-state index in [0.717, 1.165) is 11.1 Å². The molecule has 2 aromatic carbocycles. The summed E-state index contributed by atoms with van der Waals surface area (Å²) in [5.41, 5.74) is 8.73. The average molecular weight is 333 g/mol. The smallest absolute Gasteiger partial charge is 0.340 e. The molecule has 0 aliphatic carbocycles. The molecule has 2 aromatic rings. The Labute approximate surface area is 139 Å². The molecule has 23 heavy (non-hydrogen) atoms. The van der Waals surface area contributed by atoms with E-state index in [1.807, 2.05) is 32.0 Å².